The van der Waals surface area contributed by atoms with E-state index in [1.54, 1.807) is 12.5 Å². The third kappa shape index (κ3) is 2.61. The lowest BCUT2D eigenvalue weighted by Gasteiger charge is -2.19. The van der Waals surface area contributed by atoms with Crippen molar-refractivity contribution in [2.24, 2.45) is 0 Å². The van der Waals surface area contributed by atoms with Crippen molar-refractivity contribution in [3.05, 3.63) is 18.2 Å². The summed E-state index contributed by atoms with van der Waals surface area (Å²) in [4.78, 5) is 15.7. The second-order valence-electron chi connectivity index (χ2n) is 3.83. The average Bonchev–Trinajstić information content (AvgIpc) is 2.73. The van der Waals surface area contributed by atoms with Crippen LogP contribution in [0.4, 0.5) is 0 Å². The fraction of sp³-hybridized carbons (Fsp3) is 0.636. The molecule has 0 aliphatic carbocycles. The molecular formula is C11H19N3O2. The highest BCUT2D eigenvalue weighted by atomic mass is 16.5. The molecule has 1 N–H and O–H groups in total. The molecule has 90 valence electrons. The second kappa shape index (κ2) is 5.65. The fourth-order valence-electron chi connectivity index (χ4n) is 1.60. The van der Waals surface area contributed by atoms with Crippen LogP contribution < -0.4 is 5.32 Å². The summed E-state index contributed by atoms with van der Waals surface area (Å²) < 4.78 is 6.74. The van der Waals surface area contributed by atoms with Crippen LogP contribution in [0.1, 0.15) is 38.5 Å². The summed E-state index contributed by atoms with van der Waals surface area (Å²) in [6.45, 7) is 6.74. The summed E-state index contributed by atoms with van der Waals surface area (Å²) in [5.74, 6) is -0.288. The lowest BCUT2D eigenvalue weighted by molar-refractivity contribution is -0.143. The normalized spacial score (nSPS) is 12.8. The van der Waals surface area contributed by atoms with Gasteiger partial charge in [0.1, 0.15) is 6.04 Å². The van der Waals surface area contributed by atoms with Crippen molar-refractivity contribution in [1.82, 2.24) is 14.9 Å². The monoisotopic (exact) mass is 225 g/mol. The summed E-state index contributed by atoms with van der Waals surface area (Å²) in [6, 6.07) is -0.178. The van der Waals surface area contributed by atoms with Crippen molar-refractivity contribution >= 4 is 5.97 Å². The highest BCUT2D eigenvalue weighted by Crippen LogP contribution is 2.18. The van der Waals surface area contributed by atoms with E-state index < -0.39 is 6.04 Å². The first-order valence-electron chi connectivity index (χ1n) is 5.44. The zero-order valence-electron chi connectivity index (χ0n) is 10.2. The topological polar surface area (TPSA) is 56.1 Å². The lowest BCUT2D eigenvalue weighted by atomic mass is 10.2. The molecule has 0 saturated heterocycles. The summed E-state index contributed by atoms with van der Waals surface area (Å²) in [5.41, 5.74) is 0.837. The molecule has 0 spiro atoms. The summed E-state index contributed by atoms with van der Waals surface area (Å²) in [7, 11) is 1.39. The molecule has 1 aromatic heterocycles. The minimum absolute atomic E-state index is 0.267. The molecule has 16 heavy (non-hydrogen) atoms. The molecule has 5 nitrogen and oxygen atoms in total. The maximum Gasteiger partial charge on any atom is 0.329 e. The number of ether oxygens (including phenoxy) is 1. The molecule has 0 bridgehead atoms. The highest BCUT2D eigenvalue weighted by molar-refractivity contribution is 5.76. The molecule has 1 rings (SSSR count). The van der Waals surface area contributed by atoms with Gasteiger partial charge in [-0.3, -0.25) is 5.32 Å². The Morgan fingerprint density at radius 2 is 2.31 bits per heavy atom. The number of nitrogens with one attached hydrogen (secondary N) is 1. The molecule has 0 aliphatic heterocycles. The molecule has 1 heterocycles. The zero-order chi connectivity index (χ0) is 12.1. The third-order valence-corrected chi connectivity index (χ3v) is 2.39. The number of rotatable bonds is 5. The van der Waals surface area contributed by atoms with Gasteiger partial charge in [-0.2, -0.15) is 0 Å². The van der Waals surface area contributed by atoms with Crippen LogP contribution >= 0.6 is 0 Å². The van der Waals surface area contributed by atoms with Crippen LogP contribution in [-0.4, -0.2) is 29.2 Å². The predicted octanol–water partition coefficient (Wildman–Crippen LogP) is 1.29. The van der Waals surface area contributed by atoms with Gasteiger partial charge in [0.15, 0.2) is 0 Å². The first kappa shape index (κ1) is 12.7. The largest absolute Gasteiger partial charge is 0.468 e. The smallest absolute Gasteiger partial charge is 0.329 e. The molecule has 1 unspecified atom stereocenters. The van der Waals surface area contributed by atoms with E-state index in [4.69, 9.17) is 4.74 Å². The third-order valence-electron chi connectivity index (χ3n) is 2.39. The number of likely N-dealkylation sites (N-methyl/N-ethyl adjacent to an activating group) is 1. The van der Waals surface area contributed by atoms with Crippen molar-refractivity contribution in [2.75, 3.05) is 13.7 Å². The second-order valence-corrected chi connectivity index (χ2v) is 3.83. The molecule has 1 atom stereocenters. The van der Waals surface area contributed by atoms with Gasteiger partial charge in [-0.25, -0.2) is 9.78 Å². The number of carbonyl (C=O) groups excluding carboxylic acids is 1. The fourth-order valence-corrected chi connectivity index (χ4v) is 1.60. The average molecular weight is 225 g/mol. The summed E-state index contributed by atoms with van der Waals surface area (Å²) in [6.07, 6.45) is 3.43. The van der Waals surface area contributed by atoms with Crippen LogP contribution in [0, 0.1) is 0 Å². The Labute approximate surface area is 95.8 Å². The Hall–Kier alpha value is -1.36. The van der Waals surface area contributed by atoms with Crippen LogP contribution in [0.15, 0.2) is 12.5 Å². The number of methoxy groups -OCH3 is 1. The van der Waals surface area contributed by atoms with Crippen LogP contribution in [-0.2, 0) is 9.53 Å². The van der Waals surface area contributed by atoms with Crippen LogP contribution in [0.25, 0.3) is 0 Å². The van der Waals surface area contributed by atoms with E-state index in [2.05, 4.69) is 10.3 Å². The van der Waals surface area contributed by atoms with Gasteiger partial charge < -0.3 is 9.30 Å². The van der Waals surface area contributed by atoms with E-state index >= 15 is 0 Å². The maximum absolute atomic E-state index is 11.6. The Kier molecular flexibility index (Phi) is 4.49. The lowest BCUT2D eigenvalue weighted by Crippen LogP contribution is -2.31. The molecule has 0 saturated carbocycles. The van der Waals surface area contributed by atoms with E-state index in [-0.39, 0.29) is 12.0 Å². The van der Waals surface area contributed by atoms with Gasteiger partial charge in [-0.15, -0.1) is 0 Å². The molecule has 0 aromatic carbocycles. The quantitative estimate of drug-likeness (QED) is 0.767. The Bertz CT molecular complexity index is 347. The van der Waals surface area contributed by atoms with Crippen molar-refractivity contribution in [1.29, 1.82) is 0 Å². The van der Waals surface area contributed by atoms with Crippen molar-refractivity contribution < 1.29 is 9.53 Å². The van der Waals surface area contributed by atoms with Crippen molar-refractivity contribution in [2.45, 2.75) is 32.9 Å². The Balaban J connectivity index is 3.00. The molecular weight excluding hydrogens is 206 g/mol. The van der Waals surface area contributed by atoms with E-state index in [1.807, 2.05) is 25.3 Å². The molecule has 0 aliphatic rings. The number of nitrogens with zero attached hydrogens (tertiary/aromatic N) is 2. The van der Waals surface area contributed by atoms with Crippen LogP contribution in [0.2, 0.25) is 0 Å². The van der Waals surface area contributed by atoms with E-state index in [9.17, 15) is 4.79 Å². The SMILES string of the molecule is CCNC(C(=O)OC)c1cncn1C(C)C. The molecule has 0 radical (unpaired) electrons. The number of carbonyl (C=O) groups is 1. The Morgan fingerprint density at radius 3 is 2.81 bits per heavy atom. The highest BCUT2D eigenvalue weighted by Gasteiger charge is 2.24. The standard InChI is InChI=1S/C11H19N3O2/c1-5-13-10(11(15)16-4)9-6-12-7-14(9)8(2)3/h6-8,10,13H,5H2,1-4H3. The predicted molar refractivity (Wildman–Crippen MR) is 61.0 cm³/mol. The minimum Gasteiger partial charge on any atom is -0.468 e. The van der Waals surface area contributed by atoms with Gasteiger partial charge in [0.25, 0.3) is 0 Å². The number of aromatic nitrogens is 2. The minimum atomic E-state index is -0.445. The Morgan fingerprint density at radius 1 is 1.62 bits per heavy atom. The van der Waals surface area contributed by atoms with Gasteiger partial charge >= 0.3 is 5.97 Å². The molecule has 5 heteroatoms. The van der Waals surface area contributed by atoms with Gasteiger partial charge in [0, 0.05) is 6.04 Å². The van der Waals surface area contributed by atoms with Gasteiger partial charge in [-0.1, -0.05) is 6.92 Å². The first-order chi connectivity index (χ1) is 7.61. The van der Waals surface area contributed by atoms with Crippen molar-refractivity contribution in [3.63, 3.8) is 0 Å². The molecule has 0 fully saturated rings. The maximum atomic E-state index is 11.6. The van der Waals surface area contributed by atoms with Gasteiger partial charge in [0.05, 0.1) is 25.3 Å². The van der Waals surface area contributed by atoms with Crippen molar-refractivity contribution in [3.8, 4) is 0 Å². The number of hydrogen-bond acceptors (Lipinski definition) is 4. The van der Waals surface area contributed by atoms with Crippen LogP contribution in [0.3, 0.4) is 0 Å². The number of imidazole rings is 1. The summed E-state index contributed by atoms with van der Waals surface area (Å²) in [5, 5.41) is 3.10. The number of hydrogen-bond donors (Lipinski definition) is 1. The van der Waals surface area contributed by atoms with E-state index in [1.165, 1.54) is 7.11 Å². The molecule has 1 aromatic rings. The zero-order valence-corrected chi connectivity index (χ0v) is 10.2. The van der Waals surface area contributed by atoms with E-state index in [0.29, 0.717) is 6.54 Å². The summed E-state index contributed by atoms with van der Waals surface area (Å²) >= 11 is 0. The molecule has 0 amide bonds. The van der Waals surface area contributed by atoms with Gasteiger partial charge in [-0.05, 0) is 20.4 Å². The van der Waals surface area contributed by atoms with E-state index in [0.717, 1.165) is 5.69 Å². The first-order valence-corrected chi connectivity index (χ1v) is 5.44. The van der Waals surface area contributed by atoms with Crippen LogP contribution in [0.5, 0.6) is 0 Å². The number of esters is 1. The van der Waals surface area contributed by atoms with Gasteiger partial charge in [0.2, 0.25) is 0 Å².